The fourth-order valence-electron chi connectivity index (χ4n) is 6.71. The van der Waals surface area contributed by atoms with Gasteiger partial charge in [0.25, 0.3) is 0 Å². The number of piperidine rings is 3. The number of amides is 2. The normalized spacial score (nSPS) is 32.6. The zero-order chi connectivity index (χ0) is 21.1. The Labute approximate surface area is 182 Å². The molecule has 4 aliphatic heterocycles. The van der Waals surface area contributed by atoms with Crippen molar-refractivity contribution >= 4 is 11.8 Å². The minimum Gasteiger partial charge on any atom is -0.340 e. The average molecular weight is 417 g/mol. The largest absolute Gasteiger partial charge is 0.340 e. The topological polar surface area (TPSA) is 47.1 Å². The molecule has 4 fully saturated rings. The van der Waals surface area contributed by atoms with Crippen LogP contribution in [0, 0.1) is 11.8 Å². The van der Waals surface area contributed by atoms with Crippen LogP contribution in [-0.2, 0) is 9.59 Å². The van der Waals surface area contributed by atoms with Gasteiger partial charge >= 0.3 is 0 Å². The second-order valence-electron chi connectivity index (χ2n) is 9.84. The van der Waals surface area contributed by atoms with Gasteiger partial charge < -0.3 is 9.80 Å². The highest BCUT2D eigenvalue weighted by molar-refractivity contribution is 5.76. The van der Waals surface area contributed by atoms with Crippen molar-refractivity contribution in [3.8, 4) is 0 Å². The van der Waals surface area contributed by atoms with Crippen LogP contribution in [0.5, 0.6) is 0 Å². The van der Waals surface area contributed by atoms with E-state index >= 15 is 0 Å². The summed E-state index contributed by atoms with van der Waals surface area (Å²) in [5.41, 5.74) is 0. The summed E-state index contributed by atoms with van der Waals surface area (Å²) in [6.07, 6.45) is 9.47. The lowest BCUT2D eigenvalue weighted by molar-refractivity contribution is -0.144. The van der Waals surface area contributed by atoms with Gasteiger partial charge in [0, 0.05) is 64.7 Å². The number of hydrogen-bond acceptors (Lipinski definition) is 4. The molecule has 6 heteroatoms. The highest BCUT2D eigenvalue weighted by atomic mass is 16.2. The van der Waals surface area contributed by atoms with E-state index in [1.54, 1.807) is 6.92 Å². The van der Waals surface area contributed by atoms with E-state index in [9.17, 15) is 9.59 Å². The van der Waals surface area contributed by atoms with Gasteiger partial charge in [-0.2, -0.15) is 0 Å². The minimum absolute atomic E-state index is 0.228. The third-order valence-corrected chi connectivity index (χ3v) is 8.08. The molecule has 0 radical (unpaired) electrons. The second-order valence-corrected chi connectivity index (χ2v) is 9.84. The van der Waals surface area contributed by atoms with Crippen molar-refractivity contribution in [3.63, 3.8) is 0 Å². The Kier molecular flexibility index (Phi) is 7.14. The van der Waals surface area contributed by atoms with E-state index in [4.69, 9.17) is 0 Å². The number of hydrogen-bond donors (Lipinski definition) is 0. The molecule has 168 valence electrons. The third-order valence-electron chi connectivity index (χ3n) is 8.08. The molecule has 4 heterocycles. The lowest BCUT2D eigenvalue weighted by Gasteiger charge is -2.57. The van der Waals surface area contributed by atoms with Crippen LogP contribution in [0.2, 0.25) is 0 Å². The summed E-state index contributed by atoms with van der Waals surface area (Å²) in [6, 6.07) is 0.989. The van der Waals surface area contributed by atoms with Gasteiger partial charge in [-0.15, -0.1) is 6.58 Å². The smallest absolute Gasteiger partial charge is 0.222 e. The van der Waals surface area contributed by atoms with Crippen LogP contribution in [0.1, 0.15) is 51.9 Å². The van der Waals surface area contributed by atoms with Gasteiger partial charge in [0.2, 0.25) is 11.8 Å². The maximum atomic E-state index is 12.8. The van der Waals surface area contributed by atoms with Crippen molar-refractivity contribution < 1.29 is 9.59 Å². The van der Waals surface area contributed by atoms with Crippen molar-refractivity contribution in [2.45, 2.75) is 64.0 Å². The van der Waals surface area contributed by atoms with Crippen LogP contribution < -0.4 is 0 Å². The Morgan fingerprint density at radius 3 is 2.47 bits per heavy atom. The van der Waals surface area contributed by atoms with Crippen LogP contribution in [0.4, 0.5) is 0 Å². The molecule has 30 heavy (non-hydrogen) atoms. The van der Waals surface area contributed by atoms with E-state index in [1.165, 1.54) is 38.8 Å². The van der Waals surface area contributed by atoms with Gasteiger partial charge in [0.1, 0.15) is 0 Å². The molecule has 0 spiro atoms. The number of piperazine rings is 1. The van der Waals surface area contributed by atoms with Crippen molar-refractivity contribution in [1.82, 2.24) is 19.6 Å². The molecular weight excluding hydrogens is 376 g/mol. The molecule has 4 rings (SSSR count). The molecule has 0 aromatic rings. The summed E-state index contributed by atoms with van der Waals surface area (Å²) >= 11 is 0. The first kappa shape index (κ1) is 21.8. The lowest BCUT2D eigenvalue weighted by Crippen LogP contribution is -2.65. The lowest BCUT2D eigenvalue weighted by atomic mass is 9.69. The quantitative estimate of drug-likeness (QED) is 0.623. The number of carbonyl (C=O) groups excluding carboxylic acids is 2. The SMILES string of the molecule is C=CCN1CCN(C(=O)CCC[C@@H]2[C@H]3CCCN4CCC[C@@H](CN2C(C)=O)[C@@H]34)CC1. The number of carbonyl (C=O) groups is 2. The number of nitrogens with zero attached hydrogens (tertiary/aromatic N) is 4. The summed E-state index contributed by atoms with van der Waals surface area (Å²) in [5.74, 6) is 1.77. The van der Waals surface area contributed by atoms with E-state index in [0.717, 1.165) is 52.1 Å². The maximum Gasteiger partial charge on any atom is 0.222 e. The summed E-state index contributed by atoms with van der Waals surface area (Å²) < 4.78 is 0. The van der Waals surface area contributed by atoms with Gasteiger partial charge in [0.05, 0.1) is 0 Å². The Balaban J connectivity index is 1.32. The van der Waals surface area contributed by atoms with Crippen LogP contribution >= 0.6 is 0 Å². The molecule has 0 aromatic carbocycles. The molecule has 0 unspecified atom stereocenters. The third kappa shape index (κ3) is 4.59. The molecule has 0 saturated carbocycles. The fraction of sp³-hybridized carbons (Fsp3) is 0.833. The first-order chi connectivity index (χ1) is 14.6. The monoisotopic (exact) mass is 416 g/mol. The van der Waals surface area contributed by atoms with Gasteiger partial charge in [-0.3, -0.25) is 19.4 Å². The molecule has 4 atom stereocenters. The van der Waals surface area contributed by atoms with Crippen LogP contribution in [0.25, 0.3) is 0 Å². The molecule has 4 saturated heterocycles. The van der Waals surface area contributed by atoms with Crippen molar-refractivity contribution in [2.24, 2.45) is 11.8 Å². The van der Waals surface area contributed by atoms with Gasteiger partial charge in [0.15, 0.2) is 0 Å². The fourth-order valence-corrected chi connectivity index (χ4v) is 6.71. The number of rotatable bonds is 6. The summed E-state index contributed by atoms with van der Waals surface area (Å²) in [4.78, 5) is 34.5. The predicted octanol–water partition coefficient (Wildman–Crippen LogP) is 2.21. The number of likely N-dealkylation sites (tertiary alicyclic amines) is 1. The molecule has 0 aromatic heterocycles. The zero-order valence-corrected chi connectivity index (χ0v) is 18.8. The molecule has 0 N–H and O–H groups in total. The highest BCUT2D eigenvalue weighted by Gasteiger charge is 2.48. The molecule has 6 nitrogen and oxygen atoms in total. The molecule has 2 amide bonds. The first-order valence-electron chi connectivity index (χ1n) is 12.2. The Bertz CT molecular complexity index is 629. The van der Waals surface area contributed by atoms with Crippen molar-refractivity contribution in [1.29, 1.82) is 0 Å². The standard InChI is InChI=1S/C24H40N4O2/c1-3-11-25-14-16-26(17-15-25)23(30)10-4-9-22-21-8-6-13-27-12-5-7-20(24(21)27)18-28(22)19(2)29/h3,20-22,24H,1,4-18H2,2H3/t20-,21+,22+,24-/m0/s1. The second kappa shape index (κ2) is 9.82. The first-order valence-corrected chi connectivity index (χ1v) is 12.2. The average Bonchev–Trinajstić information content (AvgIpc) is 2.76. The van der Waals surface area contributed by atoms with Gasteiger partial charge in [-0.05, 0) is 63.5 Å². The van der Waals surface area contributed by atoms with E-state index in [-0.39, 0.29) is 5.91 Å². The molecule has 0 aliphatic carbocycles. The van der Waals surface area contributed by atoms with E-state index in [1.807, 2.05) is 11.0 Å². The van der Waals surface area contributed by atoms with Gasteiger partial charge in [-0.1, -0.05) is 6.08 Å². The zero-order valence-electron chi connectivity index (χ0n) is 18.8. The van der Waals surface area contributed by atoms with Crippen LogP contribution in [-0.4, -0.2) is 95.9 Å². The predicted molar refractivity (Wildman–Crippen MR) is 119 cm³/mol. The Morgan fingerprint density at radius 2 is 1.77 bits per heavy atom. The Hall–Kier alpha value is -1.40. The van der Waals surface area contributed by atoms with Crippen LogP contribution in [0.15, 0.2) is 12.7 Å². The minimum atomic E-state index is 0.228. The van der Waals surface area contributed by atoms with E-state index < -0.39 is 0 Å². The summed E-state index contributed by atoms with van der Waals surface area (Å²) in [6.45, 7) is 13.4. The Morgan fingerprint density at radius 1 is 1.03 bits per heavy atom. The molecular formula is C24H40N4O2. The van der Waals surface area contributed by atoms with Crippen LogP contribution in [0.3, 0.4) is 0 Å². The molecule has 0 bridgehead atoms. The summed E-state index contributed by atoms with van der Waals surface area (Å²) in [5, 5.41) is 0. The maximum absolute atomic E-state index is 12.8. The van der Waals surface area contributed by atoms with Crippen molar-refractivity contribution in [2.75, 3.05) is 52.4 Å². The van der Waals surface area contributed by atoms with Gasteiger partial charge in [-0.25, -0.2) is 0 Å². The van der Waals surface area contributed by atoms with Crippen molar-refractivity contribution in [3.05, 3.63) is 12.7 Å². The van der Waals surface area contributed by atoms with E-state index in [2.05, 4.69) is 21.3 Å². The van der Waals surface area contributed by atoms with E-state index in [0.29, 0.717) is 36.2 Å². The molecule has 4 aliphatic rings. The highest BCUT2D eigenvalue weighted by Crippen LogP contribution is 2.43. The summed E-state index contributed by atoms with van der Waals surface area (Å²) in [7, 11) is 0.